The van der Waals surface area contributed by atoms with E-state index >= 15 is 0 Å². The van der Waals surface area contributed by atoms with E-state index in [0.29, 0.717) is 18.8 Å². The first kappa shape index (κ1) is 26.2. The van der Waals surface area contributed by atoms with Gasteiger partial charge in [0.05, 0.1) is 13.2 Å². The number of esters is 2. The third-order valence-corrected chi connectivity index (χ3v) is 3.23. The highest BCUT2D eigenvalue weighted by atomic mass is 19.3. The molecule has 0 aliphatic rings. The van der Waals surface area contributed by atoms with Crippen LogP contribution in [0.5, 0.6) is 5.75 Å². The number of hydrogen-bond donors (Lipinski definition) is 0. The molecule has 0 aromatic heterocycles. The van der Waals surface area contributed by atoms with Crippen molar-refractivity contribution in [2.75, 3.05) is 13.2 Å². The van der Waals surface area contributed by atoms with E-state index in [9.17, 15) is 22.8 Å². The van der Waals surface area contributed by atoms with E-state index in [0.717, 1.165) is 43.9 Å². The van der Waals surface area contributed by atoms with Crippen molar-refractivity contribution in [3.63, 3.8) is 0 Å². The van der Waals surface area contributed by atoms with E-state index in [1.165, 1.54) is 18.2 Å². The SMILES string of the molecule is C=CC(=O)OCCCC.CCCCOC(=O)/C=C/c1ccc(OC(F)F)c(F)c1. The Morgan fingerprint density at radius 3 is 2.14 bits per heavy atom. The fraction of sp³-hybridized carbons (Fsp3) is 0.429. The fourth-order valence-corrected chi connectivity index (χ4v) is 1.72. The van der Waals surface area contributed by atoms with Crippen molar-refractivity contribution in [1.82, 2.24) is 0 Å². The van der Waals surface area contributed by atoms with Gasteiger partial charge < -0.3 is 14.2 Å². The van der Waals surface area contributed by atoms with Crippen molar-refractivity contribution in [3.05, 3.63) is 48.3 Å². The van der Waals surface area contributed by atoms with E-state index in [-0.39, 0.29) is 5.97 Å². The Bertz CT molecular complexity index is 660. The van der Waals surface area contributed by atoms with Crippen molar-refractivity contribution in [1.29, 1.82) is 0 Å². The third-order valence-electron chi connectivity index (χ3n) is 3.23. The summed E-state index contributed by atoms with van der Waals surface area (Å²) in [6, 6.07) is 3.42. The molecule has 8 heteroatoms. The number of rotatable bonds is 11. The number of benzene rings is 1. The molecule has 0 fully saturated rings. The van der Waals surface area contributed by atoms with Gasteiger partial charge in [-0.2, -0.15) is 8.78 Å². The summed E-state index contributed by atoms with van der Waals surface area (Å²) in [5.74, 6) is -2.33. The molecule has 1 aromatic rings. The summed E-state index contributed by atoms with van der Waals surface area (Å²) in [4.78, 5) is 21.6. The zero-order chi connectivity index (χ0) is 22.1. The topological polar surface area (TPSA) is 61.8 Å². The number of carbonyl (C=O) groups is 2. The van der Waals surface area contributed by atoms with E-state index in [2.05, 4.69) is 16.1 Å². The van der Waals surface area contributed by atoms with Gasteiger partial charge in [-0.25, -0.2) is 14.0 Å². The number of halogens is 3. The zero-order valence-electron chi connectivity index (χ0n) is 16.7. The largest absolute Gasteiger partial charge is 0.463 e. The molecule has 0 heterocycles. The van der Waals surface area contributed by atoms with Crippen LogP contribution in [0.2, 0.25) is 0 Å². The van der Waals surface area contributed by atoms with Gasteiger partial charge in [0, 0.05) is 12.2 Å². The van der Waals surface area contributed by atoms with E-state index in [1.54, 1.807) is 0 Å². The van der Waals surface area contributed by atoms with Gasteiger partial charge in [-0.1, -0.05) is 39.3 Å². The second-order valence-electron chi connectivity index (χ2n) is 5.65. The molecule has 5 nitrogen and oxygen atoms in total. The highest BCUT2D eigenvalue weighted by molar-refractivity contribution is 5.87. The van der Waals surface area contributed by atoms with Crippen molar-refractivity contribution in [2.24, 2.45) is 0 Å². The second-order valence-corrected chi connectivity index (χ2v) is 5.65. The summed E-state index contributed by atoms with van der Waals surface area (Å²) < 4.78 is 50.8. The Labute approximate surface area is 169 Å². The van der Waals surface area contributed by atoms with Crippen molar-refractivity contribution >= 4 is 18.0 Å². The predicted octanol–water partition coefficient (Wildman–Crippen LogP) is 5.30. The van der Waals surface area contributed by atoms with Crippen LogP contribution in [0.25, 0.3) is 6.08 Å². The summed E-state index contributed by atoms with van der Waals surface area (Å²) in [5, 5.41) is 0. The Kier molecular flexibility index (Phi) is 14.7. The van der Waals surface area contributed by atoms with Gasteiger partial charge in [-0.3, -0.25) is 0 Å². The summed E-state index contributed by atoms with van der Waals surface area (Å²) in [6.07, 6.45) is 7.32. The Morgan fingerprint density at radius 2 is 1.66 bits per heavy atom. The van der Waals surface area contributed by atoms with Gasteiger partial charge in [0.1, 0.15) is 0 Å². The third kappa shape index (κ3) is 14.0. The Hall–Kier alpha value is -2.77. The molecule has 0 spiro atoms. The Balaban J connectivity index is 0.000000734. The minimum absolute atomic E-state index is 0.329. The van der Waals surface area contributed by atoms with Crippen LogP contribution in [0.4, 0.5) is 13.2 Å². The van der Waals surface area contributed by atoms with Crippen LogP contribution in [0.15, 0.2) is 36.9 Å². The van der Waals surface area contributed by atoms with Gasteiger partial charge >= 0.3 is 18.6 Å². The van der Waals surface area contributed by atoms with Gasteiger partial charge in [0.2, 0.25) is 0 Å². The van der Waals surface area contributed by atoms with Crippen LogP contribution in [0.1, 0.15) is 45.1 Å². The predicted molar refractivity (Wildman–Crippen MR) is 104 cm³/mol. The summed E-state index contributed by atoms with van der Waals surface area (Å²) in [5.41, 5.74) is 0.344. The number of alkyl halides is 2. The maximum atomic E-state index is 13.4. The first-order valence-electron chi connectivity index (χ1n) is 9.22. The first-order chi connectivity index (χ1) is 13.8. The normalized spacial score (nSPS) is 10.3. The lowest BCUT2D eigenvalue weighted by molar-refractivity contribution is -0.138. The number of ether oxygens (including phenoxy) is 3. The molecule has 1 aromatic carbocycles. The van der Waals surface area contributed by atoms with Gasteiger partial charge in [-0.05, 0) is 36.6 Å². The van der Waals surface area contributed by atoms with Crippen molar-refractivity contribution < 1.29 is 37.0 Å². The molecule has 0 atom stereocenters. The van der Waals surface area contributed by atoms with Crippen LogP contribution in [-0.4, -0.2) is 31.8 Å². The molecule has 162 valence electrons. The van der Waals surface area contributed by atoms with E-state index < -0.39 is 24.1 Å². The summed E-state index contributed by atoms with van der Waals surface area (Å²) in [6.45, 7) is 5.04. The van der Waals surface area contributed by atoms with Crippen LogP contribution < -0.4 is 4.74 Å². The van der Waals surface area contributed by atoms with Crippen LogP contribution in [-0.2, 0) is 19.1 Å². The average Bonchev–Trinajstić information content (AvgIpc) is 2.68. The van der Waals surface area contributed by atoms with Crippen LogP contribution >= 0.6 is 0 Å². The highest BCUT2D eigenvalue weighted by Crippen LogP contribution is 2.21. The lowest BCUT2D eigenvalue weighted by Crippen LogP contribution is -2.03. The molecule has 0 amide bonds. The average molecular weight is 416 g/mol. The quantitative estimate of drug-likeness (QED) is 0.278. The standard InChI is InChI=1S/C14H15F3O3.C7H12O2/c1-2-3-8-19-13(18)7-5-10-4-6-12(11(15)9-10)20-14(16)17;1-3-5-6-9-7(8)4-2/h4-7,9,14H,2-3,8H2,1H3;4H,2-3,5-6H2,1H3/b7-5+;. The minimum Gasteiger partial charge on any atom is -0.463 e. The lowest BCUT2D eigenvalue weighted by Gasteiger charge is -2.05. The van der Waals surface area contributed by atoms with Gasteiger partial charge in [0.25, 0.3) is 0 Å². The number of unbranched alkanes of at least 4 members (excludes halogenated alkanes) is 2. The lowest BCUT2D eigenvalue weighted by atomic mass is 10.2. The van der Waals surface area contributed by atoms with E-state index in [4.69, 9.17) is 4.74 Å². The maximum absolute atomic E-state index is 13.4. The molecule has 0 aliphatic heterocycles. The summed E-state index contributed by atoms with van der Waals surface area (Å²) >= 11 is 0. The van der Waals surface area contributed by atoms with E-state index in [1.807, 2.05) is 13.8 Å². The zero-order valence-corrected chi connectivity index (χ0v) is 16.7. The second kappa shape index (κ2) is 16.2. The molecule has 1 rings (SSSR count). The maximum Gasteiger partial charge on any atom is 0.387 e. The molecule has 0 bridgehead atoms. The molecular weight excluding hydrogens is 389 g/mol. The highest BCUT2D eigenvalue weighted by Gasteiger charge is 2.09. The van der Waals surface area contributed by atoms with Crippen molar-refractivity contribution in [2.45, 2.75) is 46.1 Å². The fourth-order valence-electron chi connectivity index (χ4n) is 1.72. The van der Waals surface area contributed by atoms with Gasteiger partial charge in [-0.15, -0.1) is 0 Å². The molecule has 0 aliphatic carbocycles. The van der Waals surface area contributed by atoms with Crippen molar-refractivity contribution in [3.8, 4) is 5.75 Å². The van der Waals surface area contributed by atoms with Crippen LogP contribution in [0.3, 0.4) is 0 Å². The summed E-state index contributed by atoms with van der Waals surface area (Å²) in [7, 11) is 0. The van der Waals surface area contributed by atoms with Crippen LogP contribution in [0, 0.1) is 5.82 Å². The molecule has 0 saturated heterocycles. The molecule has 0 unspecified atom stereocenters. The number of carbonyl (C=O) groups excluding carboxylic acids is 2. The molecule has 0 N–H and O–H groups in total. The molecule has 0 radical (unpaired) electrons. The smallest absolute Gasteiger partial charge is 0.387 e. The monoisotopic (exact) mass is 416 g/mol. The number of hydrogen-bond acceptors (Lipinski definition) is 5. The minimum atomic E-state index is -3.08. The molecule has 0 saturated carbocycles. The van der Waals surface area contributed by atoms with Gasteiger partial charge in [0.15, 0.2) is 11.6 Å². The molecule has 29 heavy (non-hydrogen) atoms. The molecular formula is C21H27F3O5. The Morgan fingerprint density at radius 1 is 1.07 bits per heavy atom. The first-order valence-corrected chi connectivity index (χ1v) is 9.22.